The van der Waals surface area contributed by atoms with E-state index in [9.17, 15) is 34.5 Å². The van der Waals surface area contributed by atoms with Gasteiger partial charge in [0.25, 0.3) is 11.8 Å². The second-order valence-electron chi connectivity index (χ2n) is 16.6. The predicted molar refractivity (Wildman–Crippen MR) is 212 cm³/mol. The molecule has 0 radical (unpaired) electrons. The van der Waals surface area contributed by atoms with Crippen molar-refractivity contribution in [3.63, 3.8) is 0 Å². The van der Waals surface area contributed by atoms with Crippen molar-refractivity contribution >= 4 is 23.9 Å². The summed E-state index contributed by atoms with van der Waals surface area (Å²) >= 11 is 0. The van der Waals surface area contributed by atoms with Gasteiger partial charge < -0.3 is 34.4 Å². The van der Waals surface area contributed by atoms with Crippen LogP contribution in [0.5, 0.6) is 0 Å². The number of nitrogens with zero attached hydrogens (tertiary/aromatic N) is 3. The fraction of sp³-hybridized carbons (Fsp3) is 0.721. The maximum Gasteiger partial charge on any atom is 0.410 e. The van der Waals surface area contributed by atoms with Crippen LogP contribution in [0.1, 0.15) is 99.3 Å². The summed E-state index contributed by atoms with van der Waals surface area (Å²) in [4.78, 5) is 55.1. The molecule has 3 amide bonds. The van der Waals surface area contributed by atoms with Gasteiger partial charge in [-0.15, -0.1) is 0 Å². The molecule has 13 heteroatoms. The number of piperazine rings is 1. The number of amides is 3. The Balaban J connectivity index is 1.28. The van der Waals surface area contributed by atoms with Crippen molar-refractivity contribution in [2.45, 2.75) is 142 Å². The van der Waals surface area contributed by atoms with Gasteiger partial charge in [-0.1, -0.05) is 64.8 Å². The molecule has 4 aliphatic heterocycles. The summed E-state index contributed by atoms with van der Waals surface area (Å²) in [6.45, 7) is 15.4. The number of epoxide rings is 1. The molecular weight excluding hydrogens is 718 g/mol. The minimum Gasteiger partial charge on any atom is -0.457 e. The van der Waals surface area contributed by atoms with Crippen molar-refractivity contribution in [1.29, 1.82) is 0 Å². The fourth-order valence-corrected chi connectivity index (χ4v) is 7.76. The Hall–Kier alpha value is -3.36. The predicted octanol–water partition coefficient (Wildman–Crippen LogP) is 4.70. The molecule has 4 heterocycles. The first kappa shape index (κ1) is 45.3. The molecule has 314 valence electrons. The summed E-state index contributed by atoms with van der Waals surface area (Å²) in [7, 11) is 0. The molecule has 0 aliphatic carbocycles. The summed E-state index contributed by atoms with van der Waals surface area (Å²) in [6, 6.07) is 0. The first-order chi connectivity index (χ1) is 26.6. The molecule has 0 bridgehead atoms. The molecule has 0 aromatic heterocycles. The lowest BCUT2D eigenvalue weighted by molar-refractivity contribution is -0.151. The van der Waals surface area contributed by atoms with Crippen LogP contribution in [0.25, 0.3) is 0 Å². The number of hydrogen-bond acceptors (Lipinski definition) is 11. The number of aliphatic hydroxyl groups excluding tert-OH is 2. The zero-order valence-electron chi connectivity index (χ0n) is 34.4. The second kappa shape index (κ2) is 21.4. The third-order valence-corrected chi connectivity index (χ3v) is 11.7. The van der Waals surface area contributed by atoms with E-state index in [2.05, 4.69) is 4.90 Å². The standard InChI is InChI=1S/C43H67N3O10/c1-7-34(48)32(5)41-36(54-41)28-43(6,53)20-12-13-30(3)40-31(4)15-17-35(29(2)14-16-33(47)27-39(51)56-40)55-42(52)45-25-23-44(24-26-45)21-10-8-9-11-22-46-37(49)18-19-38(46)50/h12-13,15,17-20,29,31-36,40-41,47-48,53H,7-11,14,16,21-28H2,1-6H3/b17-15+,20-12+,30-13+/t29-,31-,32+,33?,34-,35-,36?,40+,41?,43-/m0/s1. The van der Waals surface area contributed by atoms with Gasteiger partial charge in [0.05, 0.1) is 36.4 Å². The monoisotopic (exact) mass is 785 g/mol. The lowest BCUT2D eigenvalue weighted by Crippen LogP contribution is -2.49. The summed E-state index contributed by atoms with van der Waals surface area (Å²) in [6.07, 6.45) is 14.1. The number of esters is 1. The minimum atomic E-state index is -1.15. The van der Waals surface area contributed by atoms with Crippen molar-refractivity contribution in [1.82, 2.24) is 14.7 Å². The Labute approximate surface area is 333 Å². The highest BCUT2D eigenvalue weighted by atomic mass is 16.6. The number of imide groups is 1. The van der Waals surface area contributed by atoms with Crippen LogP contribution in [0.15, 0.2) is 48.1 Å². The van der Waals surface area contributed by atoms with Gasteiger partial charge in [0.1, 0.15) is 12.2 Å². The van der Waals surface area contributed by atoms with Gasteiger partial charge in [-0.25, -0.2) is 4.79 Å². The molecule has 56 heavy (non-hydrogen) atoms. The summed E-state index contributed by atoms with van der Waals surface area (Å²) in [5, 5.41) is 31.9. The first-order valence-corrected chi connectivity index (χ1v) is 20.8. The van der Waals surface area contributed by atoms with Gasteiger partial charge in [0.15, 0.2) is 0 Å². The topological polar surface area (TPSA) is 170 Å². The van der Waals surface area contributed by atoms with Crippen molar-refractivity contribution in [2.24, 2.45) is 17.8 Å². The number of rotatable bonds is 16. The Morgan fingerprint density at radius 3 is 2.34 bits per heavy atom. The van der Waals surface area contributed by atoms with E-state index in [-0.39, 0.29) is 54.3 Å². The molecule has 0 spiro atoms. The zero-order chi connectivity index (χ0) is 41.0. The van der Waals surface area contributed by atoms with Crippen LogP contribution in [0.2, 0.25) is 0 Å². The normalized spacial score (nSPS) is 31.1. The molecular formula is C43H67N3O10. The van der Waals surface area contributed by atoms with E-state index in [0.717, 1.165) is 50.9 Å². The van der Waals surface area contributed by atoms with Crippen molar-refractivity contribution in [3.05, 3.63) is 48.1 Å². The number of cyclic esters (lactones) is 1. The number of unbranched alkanes of at least 4 members (excludes halogenated alkanes) is 3. The number of hydrogen-bond donors (Lipinski definition) is 3. The zero-order valence-corrected chi connectivity index (χ0v) is 34.4. The van der Waals surface area contributed by atoms with E-state index >= 15 is 0 Å². The average Bonchev–Trinajstić information content (AvgIpc) is 3.84. The molecule has 13 nitrogen and oxygen atoms in total. The summed E-state index contributed by atoms with van der Waals surface area (Å²) < 4.78 is 17.8. The molecule has 10 atom stereocenters. The van der Waals surface area contributed by atoms with Crippen LogP contribution >= 0.6 is 0 Å². The van der Waals surface area contributed by atoms with E-state index in [1.54, 1.807) is 24.0 Å². The SMILES string of the molecule is CC[C@H](O)[C@@H](C)C1OC1C[C@@](C)(O)/C=C/C=C(\C)[C@H]1OC(=O)CC(O)CC[C@H](C)[C@@H](OC(=O)N2CCN(CCCCCCN3C(=O)C=CC3=O)CC2)/C=C/[C@@H]1C. The number of ether oxygens (including phenoxy) is 3. The smallest absolute Gasteiger partial charge is 0.410 e. The van der Waals surface area contributed by atoms with Crippen LogP contribution < -0.4 is 0 Å². The van der Waals surface area contributed by atoms with Gasteiger partial charge in [-0.2, -0.15) is 0 Å². The molecule has 4 aliphatic rings. The largest absolute Gasteiger partial charge is 0.457 e. The van der Waals surface area contributed by atoms with E-state index in [4.69, 9.17) is 14.2 Å². The van der Waals surface area contributed by atoms with Crippen LogP contribution in [-0.2, 0) is 28.6 Å². The number of carbonyl (C=O) groups is 4. The quantitative estimate of drug-likeness (QED) is 0.0496. The highest BCUT2D eigenvalue weighted by molar-refractivity contribution is 6.12. The number of aliphatic hydroxyl groups is 3. The van der Waals surface area contributed by atoms with Crippen LogP contribution in [-0.4, -0.2) is 135 Å². The highest BCUT2D eigenvalue weighted by Gasteiger charge is 2.47. The van der Waals surface area contributed by atoms with Gasteiger partial charge in [-0.05, 0) is 70.1 Å². The van der Waals surface area contributed by atoms with Crippen LogP contribution in [0.4, 0.5) is 4.79 Å². The minimum absolute atomic E-state index is 0.00914. The van der Waals surface area contributed by atoms with Crippen molar-refractivity contribution < 1.29 is 48.7 Å². The fourth-order valence-electron chi connectivity index (χ4n) is 7.76. The van der Waals surface area contributed by atoms with Crippen LogP contribution in [0, 0.1) is 17.8 Å². The van der Waals surface area contributed by atoms with Crippen LogP contribution in [0.3, 0.4) is 0 Å². The number of allylic oxidation sites excluding steroid dienone is 2. The molecule has 3 unspecified atom stereocenters. The van der Waals surface area contributed by atoms with Gasteiger partial charge in [0, 0.05) is 63.1 Å². The lowest BCUT2D eigenvalue weighted by Gasteiger charge is -2.35. The molecule has 2 saturated heterocycles. The average molecular weight is 786 g/mol. The maximum absolute atomic E-state index is 13.4. The van der Waals surface area contributed by atoms with Gasteiger partial charge >= 0.3 is 12.1 Å². The van der Waals surface area contributed by atoms with E-state index < -0.39 is 36.0 Å². The summed E-state index contributed by atoms with van der Waals surface area (Å²) in [5.74, 6) is -1.36. The Kier molecular flexibility index (Phi) is 17.3. The molecule has 4 rings (SSSR count). The number of carbonyl (C=O) groups excluding carboxylic acids is 4. The van der Waals surface area contributed by atoms with Gasteiger partial charge in [-0.3, -0.25) is 24.2 Å². The molecule has 0 saturated carbocycles. The van der Waals surface area contributed by atoms with E-state index in [0.29, 0.717) is 45.3 Å². The second-order valence-corrected chi connectivity index (χ2v) is 16.6. The van der Waals surface area contributed by atoms with E-state index in [1.807, 2.05) is 52.8 Å². The third kappa shape index (κ3) is 13.9. The Bertz CT molecular complexity index is 1430. The first-order valence-electron chi connectivity index (χ1n) is 20.8. The maximum atomic E-state index is 13.4. The van der Waals surface area contributed by atoms with Gasteiger partial charge in [0.2, 0.25) is 0 Å². The summed E-state index contributed by atoms with van der Waals surface area (Å²) in [5.41, 5.74) is -0.396. The van der Waals surface area contributed by atoms with E-state index in [1.165, 1.54) is 17.1 Å². The molecule has 3 N–H and O–H groups in total. The highest BCUT2D eigenvalue weighted by Crippen LogP contribution is 2.37. The molecule has 0 aromatic rings. The molecule has 2 fully saturated rings. The van der Waals surface area contributed by atoms with Crippen molar-refractivity contribution in [3.8, 4) is 0 Å². The molecule has 0 aromatic carbocycles. The lowest BCUT2D eigenvalue weighted by atomic mass is 9.91. The Morgan fingerprint density at radius 2 is 1.68 bits per heavy atom. The Morgan fingerprint density at radius 1 is 1.02 bits per heavy atom. The third-order valence-electron chi connectivity index (χ3n) is 11.7. The van der Waals surface area contributed by atoms with Crippen molar-refractivity contribution in [2.75, 3.05) is 39.3 Å².